The molecular formula is C19H13N3OS. The number of nitrogens with zero attached hydrogens (tertiary/aromatic N) is 3. The van der Waals surface area contributed by atoms with E-state index in [1.807, 2.05) is 66.9 Å². The number of aromatic nitrogens is 2. The third-order valence-electron chi connectivity index (χ3n) is 3.37. The van der Waals surface area contributed by atoms with Crippen molar-refractivity contribution in [2.75, 3.05) is 0 Å². The summed E-state index contributed by atoms with van der Waals surface area (Å²) in [6, 6.07) is 19.6. The molecular weight excluding hydrogens is 318 g/mol. The Balaban J connectivity index is 2.07. The topological polar surface area (TPSA) is 47.2 Å². The van der Waals surface area contributed by atoms with E-state index in [0.29, 0.717) is 0 Å². The summed E-state index contributed by atoms with van der Waals surface area (Å²) in [5.41, 5.74) is 3.52. The molecule has 1 aromatic heterocycles. The predicted octanol–water partition coefficient (Wildman–Crippen LogP) is 4.18. The molecule has 0 aliphatic rings. The van der Waals surface area contributed by atoms with Crippen LogP contribution in [0.5, 0.6) is 0 Å². The molecule has 0 aliphatic carbocycles. The minimum atomic E-state index is -0.448. The van der Waals surface area contributed by atoms with E-state index in [9.17, 15) is 4.79 Å². The van der Waals surface area contributed by atoms with Crippen molar-refractivity contribution in [2.24, 2.45) is 4.99 Å². The molecule has 4 nitrogen and oxygen atoms in total. The highest BCUT2D eigenvalue weighted by molar-refractivity contribution is 7.78. The number of hydrogen-bond acceptors (Lipinski definition) is 3. The maximum atomic E-state index is 11.5. The van der Waals surface area contributed by atoms with Gasteiger partial charge in [-0.05, 0) is 30.4 Å². The molecule has 0 bridgehead atoms. The van der Waals surface area contributed by atoms with Gasteiger partial charge in [-0.15, -0.1) is 0 Å². The quantitative estimate of drug-likeness (QED) is 0.409. The average molecular weight is 331 g/mol. The first-order valence-electron chi connectivity index (χ1n) is 7.28. The van der Waals surface area contributed by atoms with Gasteiger partial charge in [-0.1, -0.05) is 48.5 Å². The first kappa shape index (κ1) is 15.7. The monoisotopic (exact) mass is 331 g/mol. The molecule has 0 saturated heterocycles. The van der Waals surface area contributed by atoms with Crippen molar-refractivity contribution < 1.29 is 4.79 Å². The maximum absolute atomic E-state index is 11.5. The van der Waals surface area contributed by atoms with E-state index in [1.165, 1.54) is 6.08 Å². The molecule has 0 fully saturated rings. The molecule has 1 heterocycles. The van der Waals surface area contributed by atoms with Crippen LogP contribution in [0.4, 0.5) is 0 Å². The molecule has 3 aromatic rings. The highest BCUT2D eigenvalue weighted by atomic mass is 32.1. The smallest absolute Gasteiger partial charge is 0.267 e. The number of rotatable bonds is 4. The number of benzene rings is 2. The van der Waals surface area contributed by atoms with Gasteiger partial charge >= 0.3 is 0 Å². The average Bonchev–Trinajstić information content (AvgIpc) is 3.06. The molecule has 0 saturated carbocycles. The molecule has 3 rings (SSSR count). The van der Waals surface area contributed by atoms with Gasteiger partial charge in [0.15, 0.2) is 0 Å². The Morgan fingerprint density at radius 1 is 1.08 bits per heavy atom. The molecule has 0 spiro atoms. The van der Waals surface area contributed by atoms with E-state index in [2.05, 4.69) is 27.5 Å². The standard InChI is InChI=1S/C19H13N3OS/c23-18(20-14-24)12-11-16-13-22(17-9-5-2-6-10-17)21-19(16)15-7-3-1-4-8-15/h1-13H/b12-11+. The minimum absolute atomic E-state index is 0.448. The normalized spacial score (nSPS) is 10.5. The van der Waals surface area contributed by atoms with E-state index in [4.69, 9.17) is 0 Å². The van der Waals surface area contributed by atoms with Crippen molar-refractivity contribution in [3.8, 4) is 16.9 Å². The van der Waals surface area contributed by atoms with Crippen LogP contribution in [0.2, 0.25) is 0 Å². The van der Waals surface area contributed by atoms with Crippen LogP contribution in [0.1, 0.15) is 5.56 Å². The molecule has 5 heteroatoms. The zero-order valence-corrected chi connectivity index (χ0v) is 13.5. The van der Waals surface area contributed by atoms with Gasteiger partial charge in [0.05, 0.1) is 16.5 Å². The lowest BCUT2D eigenvalue weighted by Crippen LogP contribution is -1.93. The fraction of sp³-hybridized carbons (Fsp3) is 0. The van der Waals surface area contributed by atoms with Gasteiger partial charge in [0.2, 0.25) is 0 Å². The van der Waals surface area contributed by atoms with E-state index >= 15 is 0 Å². The number of thiocarbonyl (C=S) groups is 1. The van der Waals surface area contributed by atoms with Crippen molar-refractivity contribution in [3.63, 3.8) is 0 Å². The summed E-state index contributed by atoms with van der Waals surface area (Å²) >= 11 is 4.44. The highest BCUT2D eigenvalue weighted by Crippen LogP contribution is 2.24. The lowest BCUT2D eigenvalue weighted by Gasteiger charge is -2.00. The van der Waals surface area contributed by atoms with Crippen molar-refractivity contribution in [1.82, 2.24) is 9.78 Å². The molecule has 0 atom stereocenters. The van der Waals surface area contributed by atoms with Crippen LogP contribution < -0.4 is 0 Å². The summed E-state index contributed by atoms with van der Waals surface area (Å²) in [4.78, 5) is 15.0. The number of isothiocyanates is 1. The number of carbonyl (C=O) groups is 1. The van der Waals surface area contributed by atoms with Gasteiger partial charge in [0.1, 0.15) is 0 Å². The van der Waals surface area contributed by atoms with Crippen LogP contribution in [-0.4, -0.2) is 20.8 Å². The number of para-hydroxylation sites is 1. The van der Waals surface area contributed by atoms with Crippen molar-refractivity contribution in [3.05, 3.63) is 78.5 Å². The number of aliphatic imine (C=N–C) groups is 1. The molecule has 0 radical (unpaired) electrons. The van der Waals surface area contributed by atoms with Gasteiger partial charge in [-0.2, -0.15) is 10.1 Å². The fourth-order valence-corrected chi connectivity index (χ4v) is 2.38. The second kappa shape index (κ2) is 7.42. The van der Waals surface area contributed by atoms with Crippen LogP contribution in [0.3, 0.4) is 0 Å². The van der Waals surface area contributed by atoms with Crippen molar-refractivity contribution in [1.29, 1.82) is 0 Å². The Morgan fingerprint density at radius 3 is 2.42 bits per heavy atom. The van der Waals surface area contributed by atoms with Crippen LogP contribution >= 0.6 is 12.2 Å². The molecule has 2 aromatic carbocycles. The summed E-state index contributed by atoms with van der Waals surface area (Å²) in [6.07, 6.45) is 4.92. The molecule has 0 N–H and O–H groups in total. The SMILES string of the molecule is O=C(/C=C/c1cn(-c2ccccc2)nc1-c1ccccc1)N=C=S. The molecule has 1 amide bonds. The predicted molar refractivity (Wildman–Crippen MR) is 98.1 cm³/mol. The van der Waals surface area contributed by atoms with Crippen LogP contribution in [0.25, 0.3) is 23.0 Å². The van der Waals surface area contributed by atoms with Crippen LogP contribution in [0.15, 0.2) is 77.9 Å². The Kier molecular flexibility index (Phi) is 4.87. The highest BCUT2D eigenvalue weighted by Gasteiger charge is 2.10. The first-order chi connectivity index (χ1) is 11.8. The van der Waals surface area contributed by atoms with Crippen molar-refractivity contribution in [2.45, 2.75) is 0 Å². The summed E-state index contributed by atoms with van der Waals surface area (Å²) in [5, 5.41) is 6.73. The number of carbonyl (C=O) groups excluding carboxylic acids is 1. The van der Waals surface area contributed by atoms with Crippen molar-refractivity contribution >= 4 is 29.4 Å². The summed E-state index contributed by atoms with van der Waals surface area (Å²) in [5.74, 6) is -0.448. The Hall–Kier alpha value is -3.14. The second-order valence-corrected chi connectivity index (χ2v) is 5.14. The molecule has 116 valence electrons. The zero-order chi connectivity index (χ0) is 16.8. The van der Waals surface area contributed by atoms with Crippen LogP contribution in [0, 0.1) is 0 Å². The van der Waals surface area contributed by atoms with Gasteiger partial charge in [0.25, 0.3) is 5.91 Å². The second-order valence-electron chi connectivity index (χ2n) is 4.95. The zero-order valence-electron chi connectivity index (χ0n) is 12.7. The summed E-state index contributed by atoms with van der Waals surface area (Å²) in [7, 11) is 0. The van der Waals surface area contributed by atoms with E-state index in [0.717, 1.165) is 22.5 Å². The molecule has 0 unspecified atom stereocenters. The summed E-state index contributed by atoms with van der Waals surface area (Å²) < 4.78 is 1.79. The largest absolute Gasteiger partial charge is 0.278 e. The Morgan fingerprint density at radius 2 is 1.75 bits per heavy atom. The van der Waals surface area contributed by atoms with E-state index in [-0.39, 0.29) is 0 Å². The number of amides is 1. The molecule has 0 aliphatic heterocycles. The number of hydrogen-bond donors (Lipinski definition) is 0. The minimum Gasteiger partial charge on any atom is -0.267 e. The lowest BCUT2D eigenvalue weighted by molar-refractivity contribution is -0.113. The van der Waals surface area contributed by atoms with E-state index < -0.39 is 5.91 Å². The third-order valence-corrected chi connectivity index (χ3v) is 3.46. The van der Waals surface area contributed by atoms with E-state index in [1.54, 1.807) is 10.8 Å². The van der Waals surface area contributed by atoms with Crippen LogP contribution in [-0.2, 0) is 4.79 Å². The fourth-order valence-electron chi connectivity index (χ4n) is 2.29. The summed E-state index contributed by atoms with van der Waals surface area (Å²) in [6.45, 7) is 0. The van der Waals surface area contributed by atoms with Gasteiger partial charge in [-0.3, -0.25) is 4.79 Å². The maximum Gasteiger partial charge on any atom is 0.278 e. The van der Waals surface area contributed by atoms with Gasteiger partial charge in [-0.25, -0.2) is 4.68 Å². The Labute approximate surface area is 144 Å². The molecule has 24 heavy (non-hydrogen) atoms. The first-order valence-corrected chi connectivity index (χ1v) is 7.69. The lowest BCUT2D eigenvalue weighted by atomic mass is 10.1. The third kappa shape index (κ3) is 3.60. The Bertz CT molecular complexity index is 924. The van der Waals surface area contributed by atoms with Gasteiger partial charge < -0.3 is 0 Å². The van der Waals surface area contributed by atoms with Gasteiger partial charge in [0, 0.05) is 23.4 Å².